The minimum atomic E-state index is -0.572. The standard InChI is InChI=1S/C19H23N3O3/c20-14-16-3-1-4-17(13-16)24-12-10-21-6-8-22(9-7-21)15-18(23)19-5-2-11-25-19/h1-5,11,13,18,23H,6-10,12,15H2/t18-/m0/s1. The Hall–Kier alpha value is -2.33. The molecule has 2 heterocycles. The fourth-order valence-electron chi connectivity index (χ4n) is 2.96. The van der Waals surface area contributed by atoms with Crippen molar-refractivity contribution < 1.29 is 14.3 Å². The van der Waals surface area contributed by atoms with Crippen LogP contribution in [0.25, 0.3) is 0 Å². The lowest BCUT2D eigenvalue weighted by molar-refractivity contribution is 0.0580. The van der Waals surface area contributed by atoms with E-state index in [0.717, 1.165) is 38.5 Å². The first-order valence-electron chi connectivity index (χ1n) is 8.54. The first-order chi connectivity index (χ1) is 12.2. The SMILES string of the molecule is N#Cc1cccc(OCCN2CCN(C[C@H](O)c3ccco3)CC2)c1. The highest BCUT2D eigenvalue weighted by Crippen LogP contribution is 2.16. The van der Waals surface area contributed by atoms with E-state index in [4.69, 9.17) is 14.4 Å². The van der Waals surface area contributed by atoms with Gasteiger partial charge in [-0.05, 0) is 30.3 Å². The molecule has 0 spiro atoms. The van der Waals surface area contributed by atoms with Crippen LogP contribution in [0.5, 0.6) is 5.75 Å². The molecule has 6 nitrogen and oxygen atoms in total. The van der Waals surface area contributed by atoms with E-state index < -0.39 is 6.10 Å². The molecule has 1 aliphatic heterocycles. The van der Waals surface area contributed by atoms with E-state index in [2.05, 4.69) is 15.9 Å². The molecule has 1 saturated heterocycles. The second kappa shape index (κ2) is 8.67. The van der Waals surface area contributed by atoms with Gasteiger partial charge in [0.25, 0.3) is 0 Å². The number of aliphatic hydroxyl groups excluding tert-OH is 1. The lowest BCUT2D eigenvalue weighted by Crippen LogP contribution is -2.48. The number of benzene rings is 1. The number of rotatable bonds is 7. The quantitative estimate of drug-likeness (QED) is 0.829. The molecule has 1 aliphatic rings. The van der Waals surface area contributed by atoms with Crippen LogP contribution in [0.1, 0.15) is 17.4 Å². The van der Waals surface area contributed by atoms with Gasteiger partial charge in [-0.15, -0.1) is 0 Å². The highest BCUT2D eigenvalue weighted by Gasteiger charge is 2.20. The molecule has 1 fully saturated rings. The summed E-state index contributed by atoms with van der Waals surface area (Å²) in [4.78, 5) is 4.60. The monoisotopic (exact) mass is 341 g/mol. The van der Waals surface area contributed by atoms with Crippen molar-refractivity contribution in [2.75, 3.05) is 45.9 Å². The molecular weight excluding hydrogens is 318 g/mol. The fraction of sp³-hybridized carbons (Fsp3) is 0.421. The minimum absolute atomic E-state index is 0.572. The first-order valence-corrected chi connectivity index (χ1v) is 8.54. The smallest absolute Gasteiger partial charge is 0.133 e. The highest BCUT2D eigenvalue weighted by atomic mass is 16.5. The van der Waals surface area contributed by atoms with Crippen molar-refractivity contribution in [2.24, 2.45) is 0 Å². The van der Waals surface area contributed by atoms with Gasteiger partial charge >= 0.3 is 0 Å². The van der Waals surface area contributed by atoms with Crippen LogP contribution >= 0.6 is 0 Å². The number of furan rings is 1. The van der Waals surface area contributed by atoms with E-state index in [1.165, 1.54) is 0 Å². The van der Waals surface area contributed by atoms with Gasteiger partial charge in [0.05, 0.1) is 17.9 Å². The van der Waals surface area contributed by atoms with E-state index in [-0.39, 0.29) is 0 Å². The van der Waals surface area contributed by atoms with Crippen molar-refractivity contribution in [3.63, 3.8) is 0 Å². The van der Waals surface area contributed by atoms with E-state index in [1.54, 1.807) is 30.5 Å². The summed E-state index contributed by atoms with van der Waals surface area (Å²) in [5, 5.41) is 19.0. The zero-order valence-electron chi connectivity index (χ0n) is 14.2. The van der Waals surface area contributed by atoms with Crippen LogP contribution in [-0.4, -0.2) is 60.8 Å². The summed E-state index contributed by atoms with van der Waals surface area (Å²) >= 11 is 0. The summed E-state index contributed by atoms with van der Waals surface area (Å²) in [5.41, 5.74) is 0.612. The molecule has 2 aromatic rings. The Morgan fingerprint density at radius 2 is 1.96 bits per heavy atom. The van der Waals surface area contributed by atoms with Crippen LogP contribution in [0.15, 0.2) is 47.1 Å². The minimum Gasteiger partial charge on any atom is -0.492 e. The summed E-state index contributed by atoms with van der Waals surface area (Å²) in [6.07, 6.45) is 1.01. The molecular formula is C19H23N3O3. The van der Waals surface area contributed by atoms with Crippen molar-refractivity contribution in [2.45, 2.75) is 6.10 Å². The van der Waals surface area contributed by atoms with Gasteiger partial charge in [0.1, 0.15) is 24.2 Å². The van der Waals surface area contributed by atoms with Gasteiger partial charge in [-0.2, -0.15) is 5.26 Å². The third-order valence-corrected chi connectivity index (χ3v) is 4.41. The second-order valence-electron chi connectivity index (χ2n) is 6.16. The Balaban J connectivity index is 1.36. The first kappa shape index (κ1) is 17.5. The number of piperazine rings is 1. The molecule has 0 radical (unpaired) electrons. The molecule has 6 heteroatoms. The number of β-amino-alcohol motifs (C(OH)–C–C–N with tert-alkyl or cyclic N) is 1. The molecule has 0 bridgehead atoms. The molecule has 25 heavy (non-hydrogen) atoms. The molecule has 3 rings (SSSR count). The van der Waals surface area contributed by atoms with Gasteiger partial charge in [0.15, 0.2) is 0 Å². The maximum atomic E-state index is 10.1. The van der Waals surface area contributed by atoms with Crippen molar-refractivity contribution in [1.29, 1.82) is 5.26 Å². The predicted octanol–water partition coefficient (Wildman–Crippen LogP) is 1.88. The van der Waals surface area contributed by atoms with Crippen LogP contribution in [0.2, 0.25) is 0 Å². The molecule has 132 valence electrons. The Kier molecular flexibility index (Phi) is 6.07. The third kappa shape index (κ3) is 5.07. The largest absolute Gasteiger partial charge is 0.492 e. The van der Waals surface area contributed by atoms with Crippen LogP contribution in [0, 0.1) is 11.3 Å². The average Bonchev–Trinajstić information content (AvgIpc) is 3.18. The van der Waals surface area contributed by atoms with Gasteiger partial charge in [0, 0.05) is 39.3 Å². The summed E-state index contributed by atoms with van der Waals surface area (Å²) in [6, 6.07) is 12.9. The normalized spacial score (nSPS) is 17.1. The number of ether oxygens (including phenoxy) is 1. The summed E-state index contributed by atoms with van der Waals surface area (Å²) in [7, 11) is 0. The Morgan fingerprint density at radius 3 is 2.68 bits per heavy atom. The molecule has 1 atom stereocenters. The average molecular weight is 341 g/mol. The fourth-order valence-corrected chi connectivity index (χ4v) is 2.96. The molecule has 1 N–H and O–H groups in total. The maximum Gasteiger partial charge on any atom is 0.133 e. The highest BCUT2D eigenvalue weighted by molar-refractivity contribution is 5.36. The lowest BCUT2D eigenvalue weighted by atomic mass is 10.2. The number of aliphatic hydroxyl groups is 1. The van der Waals surface area contributed by atoms with Gasteiger partial charge in [0.2, 0.25) is 0 Å². The van der Waals surface area contributed by atoms with E-state index in [0.29, 0.717) is 24.5 Å². The number of hydrogen-bond donors (Lipinski definition) is 1. The topological polar surface area (TPSA) is 72.9 Å². The van der Waals surface area contributed by atoms with Crippen molar-refractivity contribution >= 4 is 0 Å². The predicted molar refractivity (Wildman–Crippen MR) is 93.2 cm³/mol. The Bertz CT molecular complexity index is 688. The van der Waals surface area contributed by atoms with Gasteiger partial charge in [-0.1, -0.05) is 6.07 Å². The van der Waals surface area contributed by atoms with Crippen molar-refractivity contribution in [1.82, 2.24) is 9.80 Å². The molecule has 1 aromatic carbocycles. The zero-order chi connectivity index (χ0) is 17.5. The second-order valence-corrected chi connectivity index (χ2v) is 6.16. The molecule has 0 unspecified atom stereocenters. The number of nitrogens with zero attached hydrogens (tertiary/aromatic N) is 3. The Labute approximate surface area is 147 Å². The molecule has 0 amide bonds. The molecule has 0 aliphatic carbocycles. The van der Waals surface area contributed by atoms with Crippen molar-refractivity contribution in [3.05, 3.63) is 54.0 Å². The van der Waals surface area contributed by atoms with E-state index in [9.17, 15) is 5.11 Å². The summed E-state index contributed by atoms with van der Waals surface area (Å²) < 4.78 is 11.0. The van der Waals surface area contributed by atoms with Gasteiger partial charge < -0.3 is 14.3 Å². The van der Waals surface area contributed by atoms with Gasteiger partial charge in [-0.3, -0.25) is 9.80 Å². The number of nitriles is 1. The van der Waals surface area contributed by atoms with Crippen LogP contribution in [0.3, 0.4) is 0 Å². The summed E-state index contributed by atoms with van der Waals surface area (Å²) in [5.74, 6) is 1.36. The van der Waals surface area contributed by atoms with Crippen LogP contribution < -0.4 is 4.74 Å². The summed E-state index contributed by atoms with van der Waals surface area (Å²) in [6.45, 7) is 5.79. The van der Waals surface area contributed by atoms with E-state index >= 15 is 0 Å². The molecule has 1 aromatic heterocycles. The van der Waals surface area contributed by atoms with Crippen molar-refractivity contribution in [3.8, 4) is 11.8 Å². The third-order valence-electron chi connectivity index (χ3n) is 4.41. The zero-order valence-corrected chi connectivity index (χ0v) is 14.2. The molecule has 0 saturated carbocycles. The maximum absolute atomic E-state index is 10.1. The van der Waals surface area contributed by atoms with Crippen LogP contribution in [-0.2, 0) is 0 Å². The van der Waals surface area contributed by atoms with Crippen LogP contribution in [0.4, 0.5) is 0 Å². The van der Waals surface area contributed by atoms with E-state index in [1.807, 2.05) is 12.1 Å². The number of hydrogen-bond acceptors (Lipinski definition) is 6. The Morgan fingerprint density at radius 1 is 1.16 bits per heavy atom. The van der Waals surface area contributed by atoms with Gasteiger partial charge in [-0.25, -0.2) is 0 Å². The lowest BCUT2D eigenvalue weighted by Gasteiger charge is -2.35.